The molecule has 1 atom stereocenters. The summed E-state index contributed by atoms with van der Waals surface area (Å²) < 4.78 is 0. The third kappa shape index (κ3) is 3.24. The summed E-state index contributed by atoms with van der Waals surface area (Å²) in [6.07, 6.45) is 0. The van der Waals surface area contributed by atoms with E-state index in [9.17, 15) is 4.79 Å². The summed E-state index contributed by atoms with van der Waals surface area (Å²) in [7, 11) is 0. The van der Waals surface area contributed by atoms with Gasteiger partial charge in [-0.05, 0) is 51.8 Å². The van der Waals surface area contributed by atoms with E-state index in [0.29, 0.717) is 11.3 Å². The number of aryl methyl sites for hydroxylation is 4. The zero-order valence-electron chi connectivity index (χ0n) is 13.1. The molecule has 0 aliphatic carbocycles. The number of hydrogen-bond donors (Lipinski definition) is 2. The second kappa shape index (κ2) is 5.85. The third-order valence-corrected chi connectivity index (χ3v) is 4.79. The van der Waals surface area contributed by atoms with E-state index in [0.717, 1.165) is 26.7 Å². The SMILES string of the molecule is Cc1nc(C)c(C(C)NC(=O)c2cc(N)c(C)cc2C)s1. The standard InChI is InChI=1S/C16H21N3OS/c1-8-6-9(2)14(17)7-13(8)16(20)19-11(4)15-10(3)18-12(5)21-15/h6-7,11H,17H2,1-5H3,(H,19,20). The highest BCUT2D eigenvalue weighted by Gasteiger charge is 2.18. The fourth-order valence-electron chi connectivity index (χ4n) is 2.40. The fraction of sp³-hybridized carbons (Fsp3) is 0.375. The number of carbonyl (C=O) groups is 1. The van der Waals surface area contributed by atoms with Crippen LogP contribution in [0.5, 0.6) is 0 Å². The van der Waals surface area contributed by atoms with Crippen LogP contribution in [0.1, 0.15) is 50.0 Å². The maximum atomic E-state index is 12.4. The van der Waals surface area contributed by atoms with Gasteiger partial charge in [-0.15, -0.1) is 11.3 Å². The van der Waals surface area contributed by atoms with E-state index >= 15 is 0 Å². The number of nitrogens with zero attached hydrogens (tertiary/aromatic N) is 1. The maximum Gasteiger partial charge on any atom is 0.252 e. The first kappa shape index (κ1) is 15.5. The van der Waals surface area contributed by atoms with Gasteiger partial charge in [0.15, 0.2) is 0 Å². The number of benzene rings is 1. The van der Waals surface area contributed by atoms with Crippen molar-refractivity contribution in [2.24, 2.45) is 0 Å². The molecule has 4 nitrogen and oxygen atoms in total. The lowest BCUT2D eigenvalue weighted by molar-refractivity contribution is 0.0940. The van der Waals surface area contributed by atoms with Gasteiger partial charge in [-0.2, -0.15) is 0 Å². The Bertz CT molecular complexity index is 691. The van der Waals surface area contributed by atoms with Crippen molar-refractivity contribution in [3.63, 3.8) is 0 Å². The Labute approximate surface area is 129 Å². The first-order chi connectivity index (χ1) is 9.79. The Morgan fingerprint density at radius 2 is 1.90 bits per heavy atom. The lowest BCUT2D eigenvalue weighted by atomic mass is 10.0. The molecule has 112 valence electrons. The van der Waals surface area contributed by atoms with E-state index in [4.69, 9.17) is 5.73 Å². The average molecular weight is 303 g/mol. The second-order valence-electron chi connectivity index (χ2n) is 5.40. The molecule has 21 heavy (non-hydrogen) atoms. The number of nitrogens with two attached hydrogens (primary N) is 1. The fourth-order valence-corrected chi connectivity index (χ4v) is 3.33. The van der Waals surface area contributed by atoms with Crippen LogP contribution in [-0.4, -0.2) is 10.9 Å². The molecular weight excluding hydrogens is 282 g/mol. The third-order valence-electron chi connectivity index (χ3n) is 3.54. The van der Waals surface area contributed by atoms with Gasteiger partial charge in [-0.25, -0.2) is 4.98 Å². The summed E-state index contributed by atoms with van der Waals surface area (Å²) in [6.45, 7) is 9.78. The first-order valence-corrected chi connectivity index (χ1v) is 7.72. The van der Waals surface area contributed by atoms with E-state index in [1.165, 1.54) is 0 Å². The van der Waals surface area contributed by atoms with Gasteiger partial charge >= 0.3 is 0 Å². The molecule has 0 aliphatic heterocycles. The number of nitrogens with one attached hydrogen (secondary N) is 1. The van der Waals surface area contributed by atoms with Gasteiger partial charge < -0.3 is 11.1 Å². The zero-order valence-corrected chi connectivity index (χ0v) is 13.9. The van der Waals surface area contributed by atoms with Gasteiger partial charge in [0.25, 0.3) is 5.91 Å². The molecular formula is C16H21N3OS. The van der Waals surface area contributed by atoms with Crippen molar-refractivity contribution >= 4 is 22.9 Å². The molecule has 0 spiro atoms. The van der Waals surface area contributed by atoms with Gasteiger partial charge in [0.1, 0.15) is 0 Å². The number of thiazole rings is 1. The van der Waals surface area contributed by atoms with Crippen molar-refractivity contribution < 1.29 is 4.79 Å². The lowest BCUT2D eigenvalue weighted by Crippen LogP contribution is -2.27. The maximum absolute atomic E-state index is 12.4. The van der Waals surface area contributed by atoms with Crippen LogP contribution >= 0.6 is 11.3 Å². The van der Waals surface area contributed by atoms with Crippen LogP contribution in [0.15, 0.2) is 12.1 Å². The average Bonchev–Trinajstić information content (AvgIpc) is 2.72. The summed E-state index contributed by atoms with van der Waals surface area (Å²) >= 11 is 1.62. The minimum Gasteiger partial charge on any atom is -0.398 e. The molecule has 1 aromatic carbocycles. The molecule has 5 heteroatoms. The minimum atomic E-state index is -0.0999. The van der Waals surface area contributed by atoms with Gasteiger partial charge in [0, 0.05) is 16.1 Å². The van der Waals surface area contributed by atoms with Crippen LogP contribution < -0.4 is 11.1 Å². The number of nitrogen functional groups attached to an aromatic ring is 1. The van der Waals surface area contributed by atoms with Gasteiger partial charge in [-0.1, -0.05) is 6.07 Å². The summed E-state index contributed by atoms with van der Waals surface area (Å²) in [5, 5.41) is 4.04. The number of amides is 1. The molecule has 2 aromatic rings. The molecule has 0 saturated carbocycles. The molecule has 1 unspecified atom stereocenters. The molecule has 0 saturated heterocycles. The highest BCUT2D eigenvalue weighted by Crippen LogP contribution is 2.25. The highest BCUT2D eigenvalue weighted by atomic mass is 32.1. The van der Waals surface area contributed by atoms with Crippen molar-refractivity contribution in [3.05, 3.63) is 44.4 Å². The molecule has 1 aromatic heterocycles. The van der Waals surface area contributed by atoms with Crippen LogP contribution in [0.25, 0.3) is 0 Å². The minimum absolute atomic E-state index is 0.0642. The quantitative estimate of drug-likeness (QED) is 0.853. The molecule has 0 fully saturated rings. The first-order valence-electron chi connectivity index (χ1n) is 6.91. The summed E-state index contributed by atoms with van der Waals surface area (Å²) in [4.78, 5) is 17.9. The monoisotopic (exact) mass is 303 g/mol. The largest absolute Gasteiger partial charge is 0.398 e. The van der Waals surface area contributed by atoms with Gasteiger partial charge in [0.05, 0.1) is 16.7 Å². The predicted octanol–water partition coefficient (Wildman–Crippen LogP) is 3.45. The van der Waals surface area contributed by atoms with Crippen LogP contribution in [0.3, 0.4) is 0 Å². The van der Waals surface area contributed by atoms with Gasteiger partial charge in [-0.3, -0.25) is 4.79 Å². The van der Waals surface area contributed by atoms with Crippen molar-refractivity contribution in [2.75, 3.05) is 5.73 Å². The molecule has 0 bridgehead atoms. The number of rotatable bonds is 3. The second-order valence-corrected chi connectivity index (χ2v) is 6.64. The topological polar surface area (TPSA) is 68.0 Å². The van der Waals surface area contributed by atoms with E-state index in [2.05, 4.69) is 10.3 Å². The Kier molecular flexibility index (Phi) is 4.32. The van der Waals surface area contributed by atoms with E-state index < -0.39 is 0 Å². The number of hydrogen-bond acceptors (Lipinski definition) is 4. The van der Waals surface area contributed by atoms with Crippen LogP contribution in [0, 0.1) is 27.7 Å². The molecule has 1 heterocycles. The molecule has 2 rings (SSSR count). The van der Waals surface area contributed by atoms with Crippen LogP contribution in [0.4, 0.5) is 5.69 Å². The van der Waals surface area contributed by atoms with E-state index in [1.807, 2.05) is 40.7 Å². The molecule has 0 aliphatic rings. The number of carbonyl (C=O) groups excluding carboxylic acids is 1. The van der Waals surface area contributed by atoms with Crippen molar-refractivity contribution in [1.29, 1.82) is 0 Å². The number of anilines is 1. The zero-order chi connectivity index (χ0) is 15.7. The van der Waals surface area contributed by atoms with E-state index in [-0.39, 0.29) is 11.9 Å². The van der Waals surface area contributed by atoms with E-state index in [1.54, 1.807) is 17.4 Å². The Morgan fingerprint density at radius 3 is 2.48 bits per heavy atom. The smallest absolute Gasteiger partial charge is 0.252 e. The Hall–Kier alpha value is -1.88. The van der Waals surface area contributed by atoms with Crippen LogP contribution in [-0.2, 0) is 0 Å². The Balaban J connectivity index is 2.22. The van der Waals surface area contributed by atoms with Crippen molar-refractivity contribution in [3.8, 4) is 0 Å². The summed E-state index contributed by atoms with van der Waals surface area (Å²) in [5.41, 5.74) is 10.1. The molecule has 1 amide bonds. The summed E-state index contributed by atoms with van der Waals surface area (Å²) in [6, 6.07) is 3.62. The van der Waals surface area contributed by atoms with Crippen molar-refractivity contribution in [1.82, 2.24) is 10.3 Å². The summed E-state index contributed by atoms with van der Waals surface area (Å²) in [5.74, 6) is -0.0999. The Morgan fingerprint density at radius 1 is 1.24 bits per heavy atom. The highest BCUT2D eigenvalue weighted by molar-refractivity contribution is 7.11. The lowest BCUT2D eigenvalue weighted by Gasteiger charge is -2.15. The predicted molar refractivity (Wildman–Crippen MR) is 87.8 cm³/mol. The number of aromatic nitrogens is 1. The van der Waals surface area contributed by atoms with Crippen molar-refractivity contribution in [2.45, 2.75) is 40.7 Å². The van der Waals surface area contributed by atoms with Crippen LogP contribution in [0.2, 0.25) is 0 Å². The molecule has 3 N–H and O–H groups in total. The van der Waals surface area contributed by atoms with Gasteiger partial charge in [0.2, 0.25) is 0 Å². The normalized spacial score (nSPS) is 12.2. The molecule has 0 radical (unpaired) electrons.